The van der Waals surface area contributed by atoms with Crippen LogP contribution in [0.2, 0.25) is 0 Å². The smallest absolute Gasteiger partial charge is 0.0467 e. The lowest BCUT2D eigenvalue weighted by Crippen LogP contribution is -2.29. The summed E-state index contributed by atoms with van der Waals surface area (Å²) in [6.45, 7) is 7.26. The Balaban J connectivity index is 1.01. The molecule has 1 heteroatoms. The van der Waals surface area contributed by atoms with E-state index in [9.17, 15) is 0 Å². The lowest BCUT2D eigenvalue weighted by molar-refractivity contribution is 0.348. The minimum atomic E-state index is 0.0689. The third-order valence-corrected chi connectivity index (χ3v) is 14.6. The average molecular weight is 858 g/mol. The molecule has 0 aromatic heterocycles. The Hall–Kier alpha value is -8.00. The van der Waals surface area contributed by atoms with Gasteiger partial charge in [-0.05, 0) is 154 Å². The van der Waals surface area contributed by atoms with Crippen LogP contribution in [0, 0.1) is 11.8 Å². The molecule has 320 valence electrons. The third kappa shape index (κ3) is 7.11. The molecule has 2 atom stereocenters. The van der Waals surface area contributed by atoms with Crippen LogP contribution in [0.25, 0.3) is 77.2 Å². The molecular weight excluding hydrogens is 807 g/mol. The van der Waals surface area contributed by atoms with Gasteiger partial charge in [0.05, 0.1) is 0 Å². The number of benzene rings is 10. The minimum absolute atomic E-state index is 0.0689. The van der Waals surface area contributed by atoms with E-state index in [2.05, 4.69) is 268 Å². The fourth-order valence-corrected chi connectivity index (χ4v) is 11.6. The largest absolute Gasteiger partial charge is 0.310 e. The molecule has 67 heavy (non-hydrogen) atoms. The molecule has 0 aliphatic heterocycles. The first kappa shape index (κ1) is 40.5. The van der Waals surface area contributed by atoms with Crippen molar-refractivity contribution < 1.29 is 0 Å². The average Bonchev–Trinajstić information content (AvgIpc) is 3.62. The molecule has 0 N–H and O–H groups in total. The number of hydrogen-bond acceptors (Lipinski definition) is 1. The van der Waals surface area contributed by atoms with Crippen molar-refractivity contribution in [2.24, 2.45) is 11.8 Å². The van der Waals surface area contributed by atoms with Crippen molar-refractivity contribution in [3.05, 3.63) is 259 Å². The monoisotopic (exact) mass is 857 g/mol. The van der Waals surface area contributed by atoms with Crippen molar-refractivity contribution in [3.63, 3.8) is 0 Å². The fourth-order valence-electron chi connectivity index (χ4n) is 11.6. The zero-order chi connectivity index (χ0) is 45.1. The molecule has 0 radical (unpaired) electrons. The highest BCUT2D eigenvalue weighted by Gasteiger charge is 2.46. The lowest BCUT2D eigenvalue weighted by Gasteiger charge is -2.35. The Kier molecular flexibility index (Phi) is 9.95. The van der Waals surface area contributed by atoms with Gasteiger partial charge in [0.25, 0.3) is 0 Å². The van der Waals surface area contributed by atoms with Gasteiger partial charge in [-0.25, -0.2) is 0 Å². The van der Waals surface area contributed by atoms with Crippen LogP contribution in [0.15, 0.2) is 243 Å². The Bertz CT molecular complexity index is 3570. The van der Waals surface area contributed by atoms with Gasteiger partial charge in [0.15, 0.2) is 0 Å². The van der Waals surface area contributed by atoms with Gasteiger partial charge in [0.2, 0.25) is 0 Å². The van der Waals surface area contributed by atoms with E-state index >= 15 is 0 Å². The van der Waals surface area contributed by atoms with E-state index in [0.29, 0.717) is 11.8 Å². The molecule has 0 saturated heterocycles. The number of rotatable bonds is 8. The van der Waals surface area contributed by atoms with E-state index in [0.717, 1.165) is 22.6 Å². The summed E-state index contributed by atoms with van der Waals surface area (Å²) in [5.74, 6) is 0.826. The normalized spacial score (nSPS) is 16.0. The molecule has 0 heterocycles. The summed E-state index contributed by atoms with van der Waals surface area (Å²) in [5.41, 5.74) is 19.8. The summed E-state index contributed by atoms with van der Waals surface area (Å²) in [7, 11) is 0. The Morgan fingerprint density at radius 3 is 1.69 bits per heavy atom. The third-order valence-electron chi connectivity index (χ3n) is 14.6. The Morgan fingerprint density at radius 1 is 0.373 bits per heavy atom. The summed E-state index contributed by atoms with van der Waals surface area (Å²) in [6, 6.07) is 84.9. The topological polar surface area (TPSA) is 3.24 Å². The zero-order valence-electron chi connectivity index (χ0n) is 38.2. The highest BCUT2D eigenvalue weighted by molar-refractivity contribution is 6.12. The summed E-state index contributed by atoms with van der Waals surface area (Å²) in [6.07, 6.45) is 5.00. The Morgan fingerprint density at radius 2 is 0.925 bits per heavy atom. The molecule has 0 amide bonds. The van der Waals surface area contributed by atoms with E-state index in [4.69, 9.17) is 0 Å². The SMILES string of the molecule is CC1C=C(c2cccc(N(c3cccc(-c4ccc(-c5ccccc5)c(-c5ccccc5)c4)c3)c3cccc(-c4cccc5c4ccc4ccccc45)c3)c2)C=C2c3ccccc3C(C)(C)C21. The number of anilines is 3. The van der Waals surface area contributed by atoms with Gasteiger partial charge in [-0.15, -0.1) is 0 Å². The fraction of sp³-hybridized carbons (Fsp3) is 0.0909. The van der Waals surface area contributed by atoms with Crippen LogP contribution in [0.3, 0.4) is 0 Å². The quantitative estimate of drug-likeness (QED) is 0.138. The van der Waals surface area contributed by atoms with Gasteiger partial charge in [-0.2, -0.15) is 0 Å². The van der Waals surface area contributed by atoms with Crippen LogP contribution in [0.4, 0.5) is 17.1 Å². The first-order valence-electron chi connectivity index (χ1n) is 23.7. The number of fused-ring (bicyclic) bond motifs is 6. The van der Waals surface area contributed by atoms with Crippen molar-refractivity contribution in [1.29, 1.82) is 0 Å². The second kappa shape index (κ2) is 16.5. The van der Waals surface area contributed by atoms with Gasteiger partial charge < -0.3 is 4.90 Å². The van der Waals surface area contributed by atoms with Crippen LogP contribution >= 0.6 is 0 Å². The lowest BCUT2D eigenvalue weighted by atomic mass is 9.69. The van der Waals surface area contributed by atoms with E-state index < -0.39 is 0 Å². The molecule has 10 aromatic carbocycles. The molecule has 2 aliphatic rings. The second-order valence-electron chi connectivity index (χ2n) is 19.0. The molecule has 0 spiro atoms. The van der Waals surface area contributed by atoms with E-state index in [1.807, 2.05) is 0 Å². The predicted molar refractivity (Wildman–Crippen MR) is 286 cm³/mol. The van der Waals surface area contributed by atoms with Crippen molar-refractivity contribution >= 4 is 49.8 Å². The Labute approximate surface area is 394 Å². The van der Waals surface area contributed by atoms with Crippen LogP contribution in [0.5, 0.6) is 0 Å². The van der Waals surface area contributed by atoms with Gasteiger partial charge in [-0.3, -0.25) is 0 Å². The summed E-state index contributed by atoms with van der Waals surface area (Å²) in [4.78, 5) is 2.45. The standard InChI is InChI=1S/C66H51N/c1-44-38-52(43-63-61-30-12-13-33-64(61)66(2,3)65(44)63)49-24-15-27-54(40-49)67(55-28-16-25-51(41-55)57-31-17-32-59-56-29-11-10-22-47(56)34-37-60(57)59)53-26-14-23-48(39-53)50-35-36-58(45-18-6-4-7-19-45)62(42-50)46-20-8-5-9-21-46/h4-44,65H,1-3H3. The second-order valence-corrected chi connectivity index (χ2v) is 19.0. The van der Waals surface area contributed by atoms with Crippen LogP contribution in [-0.2, 0) is 5.41 Å². The van der Waals surface area contributed by atoms with E-state index in [1.165, 1.54) is 88.3 Å². The molecule has 0 bridgehead atoms. The predicted octanol–water partition coefficient (Wildman–Crippen LogP) is 18.2. The van der Waals surface area contributed by atoms with Crippen molar-refractivity contribution in [3.8, 4) is 44.5 Å². The number of hydrogen-bond donors (Lipinski definition) is 0. The maximum absolute atomic E-state index is 2.51. The molecule has 0 fully saturated rings. The van der Waals surface area contributed by atoms with E-state index in [-0.39, 0.29) is 5.41 Å². The van der Waals surface area contributed by atoms with Gasteiger partial charge >= 0.3 is 0 Å². The highest BCUT2D eigenvalue weighted by Crippen LogP contribution is 2.56. The van der Waals surface area contributed by atoms with Gasteiger partial charge in [0, 0.05) is 17.1 Å². The highest BCUT2D eigenvalue weighted by atomic mass is 15.1. The minimum Gasteiger partial charge on any atom is -0.310 e. The molecule has 1 nitrogen and oxygen atoms in total. The molecule has 2 aliphatic carbocycles. The summed E-state index contributed by atoms with van der Waals surface area (Å²) >= 11 is 0. The van der Waals surface area contributed by atoms with Crippen LogP contribution in [0.1, 0.15) is 37.5 Å². The van der Waals surface area contributed by atoms with Gasteiger partial charge in [0.1, 0.15) is 0 Å². The molecule has 2 unspecified atom stereocenters. The van der Waals surface area contributed by atoms with Crippen LogP contribution in [-0.4, -0.2) is 0 Å². The number of allylic oxidation sites excluding steroid dienone is 4. The van der Waals surface area contributed by atoms with Crippen LogP contribution < -0.4 is 4.90 Å². The summed E-state index contributed by atoms with van der Waals surface area (Å²) in [5, 5.41) is 5.05. The molecular formula is C66H51N. The molecule has 0 saturated carbocycles. The maximum Gasteiger partial charge on any atom is 0.0467 e. The van der Waals surface area contributed by atoms with Crippen molar-refractivity contribution in [2.45, 2.75) is 26.2 Å². The first-order valence-corrected chi connectivity index (χ1v) is 23.7. The summed E-state index contributed by atoms with van der Waals surface area (Å²) < 4.78 is 0. The van der Waals surface area contributed by atoms with Gasteiger partial charge in [-0.1, -0.05) is 221 Å². The van der Waals surface area contributed by atoms with Crippen molar-refractivity contribution in [1.82, 2.24) is 0 Å². The van der Waals surface area contributed by atoms with E-state index in [1.54, 1.807) is 0 Å². The van der Waals surface area contributed by atoms with Crippen molar-refractivity contribution in [2.75, 3.05) is 4.90 Å². The molecule has 12 rings (SSSR count). The maximum atomic E-state index is 2.51. The number of nitrogens with zero attached hydrogens (tertiary/aromatic N) is 1. The first-order chi connectivity index (χ1) is 32.9. The molecule has 10 aromatic rings. The zero-order valence-corrected chi connectivity index (χ0v) is 38.2.